The molecular weight excluding hydrogens is 244 g/mol. The van der Waals surface area contributed by atoms with Crippen LogP contribution in [0.15, 0.2) is 48.4 Å². The minimum atomic E-state index is -0.267. The third-order valence-electron chi connectivity index (χ3n) is 3.10. The maximum Gasteiger partial charge on any atom is 0.319 e. The summed E-state index contributed by atoms with van der Waals surface area (Å²) in [6.45, 7) is 3.83. The molecule has 2 aromatic rings. The SMILES string of the molecule is C=CCOC(=O)C1c2ccccc2-c2ccsc21. The van der Waals surface area contributed by atoms with E-state index >= 15 is 0 Å². The van der Waals surface area contributed by atoms with Gasteiger partial charge in [-0.1, -0.05) is 36.9 Å². The van der Waals surface area contributed by atoms with Crippen LogP contribution in [0.4, 0.5) is 0 Å². The summed E-state index contributed by atoms with van der Waals surface area (Å²) in [6, 6.07) is 10.1. The number of carbonyl (C=O) groups excluding carboxylic acids is 1. The molecule has 1 aromatic carbocycles. The Kier molecular flexibility index (Phi) is 2.76. The van der Waals surface area contributed by atoms with Crippen LogP contribution in [0.2, 0.25) is 0 Å². The molecule has 0 radical (unpaired) electrons. The molecule has 0 saturated carbocycles. The lowest BCUT2D eigenvalue weighted by Crippen LogP contribution is -2.14. The molecule has 1 aliphatic rings. The number of carbonyl (C=O) groups is 1. The summed E-state index contributed by atoms with van der Waals surface area (Å²) in [5.41, 5.74) is 3.36. The van der Waals surface area contributed by atoms with E-state index in [9.17, 15) is 4.79 Å². The van der Waals surface area contributed by atoms with Crippen LogP contribution in [0.5, 0.6) is 0 Å². The summed E-state index contributed by atoms with van der Waals surface area (Å²) >= 11 is 1.61. The summed E-state index contributed by atoms with van der Waals surface area (Å²) in [6.07, 6.45) is 1.59. The summed E-state index contributed by atoms with van der Waals surface area (Å²) in [5.74, 6) is -0.459. The number of hydrogen-bond acceptors (Lipinski definition) is 3. The van der Waals surface area contributed by atoms with Crippen molar-refractivity contribution in [2.45, 2.75) is 5.92 Å². The van der Waals surface area contributed by atoms with Gasteiger partial charge in [0.05, 0.1) is 0 Å². The zero-order valence-electron chi connectivity index (χ0n) is 9.76. The van der Waals surface area contributed by atoms with Crippen LogP contribution in [-0.4, -0.2) is 12.6 Å². The number of fused-ring (bicyclic) bond motifs is 3. The molecule has 1 aliphatic carbocycles. The predicted octanol–water partition coefficient (Wildman–Crippen LogP) is 3.59. The fourth-order valence-corrected chi connectivity index (χ4v) is 3.38. The highest BCUT2D eigenvalue weighted by atomic mass is 32.1. The molecule has 3 rings (SSSR count). The Morgan fingerprint density at radius 1 is 1.33 bits per heavy atom. The smallest absolute Gasteiger partial charge is 0.319 e. The van der Waals surface area contributed by atoms with Gasteiger partial charge < -0.3 is 4.74 Å². The first-order valence-electron chi connectivity index (χ1n) is 5.77. The van der Waals surface area contributed by atoms with Gasteiger partial charge in [-0.3, -0.25) is 4.79 Å². The average Bonchev–Trinajstić information content (AvgIpc) is 2.95. The van der Waals surface area contributed by atoms with Crippen molar-refractivity contribution in [3.8, 4) is 11.1 Å². The highest BCUT2D eigenvalue weighted by molar-refractivity contribution is 7.10. The number of hydrogen-bond donors (Lipinski definition) is 0. The summed E-state index contributed by atoms with van der Waals surface area (Å²) in [7, 11) is 0. The molecule has 2 nitrogen and oxygen atoms in total. The molecule has 0 bridgehead atoms. The molecular formula is C15H12O2S. The molecule has 18 heavy (non-hydrogen) atoms. The second-order valence-corrected chi connectivity index (χ2v) is 5.09. The first-order chi connectivity index (χ1) is 8.83. The van der Waals surface area contributed by atoms with Crippen molar-refractivity contribution >= 4 is 17.3 Å². The number of thiophene rings is 1. The van der Waals surface area contributed by atoms with Crippen molar-refractivity contribution in [2.24, 2.45) is 0 Å². The number of ether oxygens (including phenoxy) is 1. The monoisotopic (exact) mass is 256 g/mol. The summed E-state index contributed by atoms with van der Waals surface area (Å²) in [4.78, 5) is 13.3. The molecule has 0 aliphatic heterocycles. The number of rotatable bonds is 3. The van der Waals surface area contributed by atoms with Gasteiger partial charge in [0.2, 0.25) is 0 Å². The van der Waals surface area contributed by atoms with Crippen LogP contribution in [0, 0.1) is 0 Å². The molecule has 3 heteroatoms. The molecule has 1 unspecified atom stereocenters. The lowest BCUT2D eigenvalue weighted by molar-refractivity contribution is -0.143. The van der Waals surface area contributed by atoms with Crippen molar-refractivity contribution in [3.05, 3.63) is 58.8 Å². The van der Waals surface area contributed by atoms with E-state index in [0.29, 0.717) is 0 Å². The Labute approximate surface area is 110 Å². The number of benzene rings is 1. The lowest BCUT2D eigenvalue weighted by atomic mass is 10.0. The van der Waals surface area contributed by atoms with E-state index in [0.717, 1.165) is 21.6 Å². The van der Waals surface area contributed by atoms with E-state index < -0.39 is 0 Å². The van der Waals surface area contributed by atoms with Crippen LogP contribution in [0.1, 0.15) is 16.4 Å². The van der Waals surface area contributed by atoms with Crippen molar-refractivity contribution in [3.63, 3.8) is 0 Å². The Bertz CT molecular complexity index is 612. The third-order valence-corrected chi connectivity index (χ3v) is 4.08. The van der Waals surface area contributed by atoms with Gasteiger partial charge in [-0.15, -0.1) is 11.3 Å². The maximum absolute atomic E-state index is 12.2. The van der Waals surface area contributed by atoms with Crippen LogP contribution in [0.3, 0.4) is 0 Å². The van der Waals surface area contributed by atoms with Gasteiger partial charge in [0, 0.05) is 4.88 Å². The van der Waals surface area contributed by atoms with E-state index in [1.807, 2.05) is 23.6 Å². The predicted molar refractivity (Wildman–Crippen MR) is 72.8 cm³/mol. The fourth-order valence-electron chi connectivity index (χ4n) is 2.36. The fraction of sp³-hybridized carbons (Fsp3) is 0.133. The zero-order valence-corrected chi connectivity index (χ0v) is 10.6. The lowest BCUT2D eigenvalue weighted by Gasteiger charge is -2.10. The van der Waals surface area contributed by atoms with Crippen LogP contribution >= 0.6 is 11.3 Å². The van der Waals surface area contributed by atoms with Crippen molar-refractivity contribution in [1.29, 1.82) is 0 Å². The van der Waals surface area contributed by atoms with Crippen molar-refractivity contribution in [1.82, 2.24) is 0 Å². The van der Waals surface area contributed by atoms with Gasteiger partial charge in [-0.2, -0.15) is 0 Å². The second kappa shape index (κ2) is 4.42. The molecule has 90 valence electrons. The summed E-state index contributed by atoms with van der Waals surface area (Å²) < 4.78 is 5.21. The third kappa shape index (κ3) is 1.59. The zero-order chi connectivity index (χ0) is 12.5. The Morgan fingerprint density at radius 3 is 3.00 bits per heavy atom. The molecule has 1 atom stereocenters. The van der Waals surface area contributed by atoms with E-state index in [4.69, 9.17) is 4.74 Å². The normalized spacial score (nSPS) is 15.9. The van der Waals surface area contributed by atoms with Crippen LogP contribution < -0.4 is 0 Å². The van der Waals surface area contributed by atoms with E-state index in [1.165, 1.54) is 0 Å². The van der Waals surface area contributed by atoms with Gasteiger partial charge in [-0.05, 0) is 28.1 Å². The van der Waals surface area contributed by atoms with Crippen molar-refractivity contribution < 1.29 is 9.53 Å². The molecule has 0 saturated heterocycles. The van der Waals surface area contributed by atoms with Crippen molar-refractivity contribution in [2.75, 3.05) is 6.61 Å². The largest absolute Gasteiger partial charge is 0.461 e. The highest BCUT2D eigenvalue weighted by Gasteiger charge is 2.35. The molecule has 0 N–H and O–H groups in total. The quantitative estimate of drug-likeness (QED) is 0.619. The standard InChI is InChI=1S/C15H12O2S/c1-2-8-17-15(16)13-11-6-4-3-5-10(11)12-7-9-18-14(12)13/h2-7,9,13H,1,8H2. The van der Waals surface area contributed by atoms with E-state index in [2.05, 4.69) is 18.7 Å². The van der Waals surface area contributed by atoms with Crippen LogP contribution in [-0.2, 0) is 9.53 Å². The first-order valence-corrected chi connectivity index (χ1v) is 6.65. The first kappa shape index (κ1) is 11.2. The Morgan fingerprint density at radius 2 is 2.17 bits per heavy atom. The van der Waals surface area contributed by atoms with E-state index in [-0.39, 0.29) is 18.5 Å². The molecule has 1 aromatic heterocycles. The van der Waals surface area contributed by atoms with Gasteiger partial charge in [0.15, 0.2) is 0 Å². The van der Waals surface area contributed by atoms with Crippen LogP contribution in [0.25, 0.3) is 11.1 Å². The molecule has 0 fully saturated rings. The molecule has 0 amide bonds. The minimum absolute atomic E-state index is 0.191. The second-order valence-electron chi connectivity index (χ2n) is 4.14. The number of esters is 1. The van der Waals surface area contributed by atoms with Gasteiger partial charge in [0.1, 0.15) is 12.5 Å². The molecule has 1 heterocycles. The molecule has 0 spiro atoms. The van der Waals surface area contributed by atoms with Gasteiger partial charge in [0.25, 0.3) is 0 Å². The Balaban J connectivity index is 2.05. The van der Waals surface area contributed by atoms with Gasteiger partial charge in [-0.25, -0.2) is 0 Å². The highest BCUT2D eigenvalue weighted by Crippen LogP contribution is 2.47. The summed E-state index contributed by atoms with van der Waals surface area (Å²) in [5, 5.41) is 2.02. The minimum Gasteiger partial charge on any atom is -0.461 e. The topological polar surface area (TPSA) is 26.3 Å². The average molecular weight is 256 g/mol. The Hall–Kier alpha value is -1.87. The van der Waals surface area contributed by atoms with Gasteiger partial charge >= 0.3 is 5.97 Å². The van der Waals surface area contributed by atoms with E-state index in [1.54, 1.807) is 17.4 Å². The maximum atomic E-state index is 12.2.